The number of hydrogen-bond donors (Lipinski definition) is 2. The molecule has 0 aliphatic heterocycles. The van der Waals surface area contributed by atoms with E-state index in [1.165, 1.54) is 0 Å². The summed E-state index contributed by atoms with van der Waals surface area (Å²) in [6.45, 7) is 0. The van der Waals surface area contributed by atoms with Crippen LogP contribution in [0.5, 0.6) is 0 Å². The monoisotopic (exact) mass is 313 g/mol. The molecule has 1 aromatic carbocycles. The number of halogens is 1. The van der Waals surface area contributed by atoms with Gasteiger partial charge in [0.25, 0.3) is 5.91 Å². The second-order valence-electron chi connectivity index (χ2n) is 3.13. The average molecular weight is 314 g/mol. The highest BCUT2D eigenvalue weighted by Gasteiger charge is 2.09. The first-order chi connectivity index (χ1) is 7.66. The Bertz CT molecular complexity index is 511. The van der Waals surface area contributed by atoms with Gasteiger partial charge in [-0.15, -0.1) is 12.6 Å². The fraction of sp³-hybridized carbons (Fsp3) is 0. The number of anilines is 1. The highest BCUT2D eigenvalue weighted by atomic mass is 79.9. The van der Waals surface area contributed by atoms with Crippen molar-refractivity contribution >= 4 is 51.5 Å². The van der Waals surface area contributed by atoms with Crippen LogP contribution in [0.2, 0.25) is 0 Å². The molecule has 1 heterocycles. The highest BCUT2D eigenvalue weighted by molar-refractivity contribution is 9.10. The van der Waals surface area contributed by atoms with Gasteiger partial charge < -0.3 is 5.32 Å². The zero-order chi connectivity index (χ0) is 11.5. The number of carbonyl (C=O) groups excluding carboxylic acids is 1. The molecular weight excluding hydrogens is 306 g/mol. The zero-order valence-corrected chi connectivity index (χ0v) is 11.4. The van der Waals surface area contributed by atoms with E-state index in [0.29, 0.717) is 10.5 Å². The minimum absolute atomic E-state index is 0.143. The third-order valence-electron chi connectivity index (χ3n) is 1.98. The zero-order valence-electron chi connectivity index (χ0n) is 8.11. The summed E-state index contributed by atoms with van der Waals surface area (Å²) in [5.74, 6) is -0.143. The van der Waals surface area contributed by atoms with E-state index in [2.05, 4.69) is 33.9 Å². The van der Waals surface area contributed by atoms with E-state index >= 15 is 0 Å². The molecule has 5 heteroatoms. The number of thiophene rings is 1. The van der Waals surface area contributed by atoms with Gasteiger partial charge in [0.1, 0.15) is 0 Å². The molecule has 0 aliphatic rings. The van der Waals surface area contributed by atoms with E-state index in [1.54, 1.807) is 23.5 Å². The summed E-state index contributed by atoms with van der Waals surface area (Å²) in [4.78, 5) is 12.5. The first kappa shape index (κ1) is 11.7. The second kappa shape index (κ2) is 5.03. The lowest BCUT2D eigenvalue weighted by Gasteiger charge is -2.05. The van der Waals surface area contributed by atoms with Crippen molar-refractivity contribution in [2.75, 3.05) is 5.32 Å². The Morgan fingerprint density at radius 3 is 2.81 bits per heavy atom. The minimum atomic E-state index is -0.143. The molecule has 0 spiro atoms. The third-order valence-corrected chi connectivity index (χ3v) is 3.53. The smallest absolute Gasteiger partial charge is 0.256 e. The van der Waals surface area contributed by atoms with Crippen LogP contribution in [-0.2, 0) is 0 Å². The molecule has 2 aromatic rings. The molecule has 0 fully saturated rings. The molecule has 0 unspecified atom stereocenters. The van der Waals surface area contributed by atoms with Crippen molar-refractivity contribution in [2.24, 2.45) is 0 Å². The summed E-state index contributed by atoms with van der Waals surface area (Å²) in [7, 11) is 0. The fourth-order valence-corrected chi connectivity index (χ4v) is 2.67. The molecule has 2 nitrogen and oxygen atoms in total. The predicted molar refractivity (Wildman–Crippen MR) is 73.7 cm³/mol. The van der Waals surface area contributed by atoms with E-state index in [4.69, 9.17) is 0 Å². The Morgan fingerprint density at radius 1 is 1.38 bits per heavy atom. The topological polar surface area (TPSA) is 29.1 Å². The van der Waals surface area contributed by atoms with Crippen molar-refractivity contribution < 1.29 is 4.79 Å². The van der Waals surface area contributed by atoms with Crippen LogP contribution in [-0.4, -0.2) is 5.91 Å². The molecule has 0 saturated carbocycles. The van der Waals surface area contributed by atoms with Crippen molar-refractivity contribution in [3.05, 3.63) is 45.1 Å². The lowest BCUT2D eigenvalue weighted by molar-refractivity contribution is 0.102. The molecule has 2 rings (SSSR count). The molecule has 1 amide bonds. The molecule has 0 saturated heterocycles. The van der Waals surface area contributed by atoms with Crippen LogP contribution in [0.25, 0.3) is 0 Å². The molecule has 0 atom stereocenters. The lowest BCUT2D eigenvalue weighted by Crippen LogP contribution is -2.11. The Labute approximate surface area is 111 Å². The molecule has 0 bridgehead atoms. The van der Waals surface area contributed by atoms with Gasteiger partial charge in [0.05, 0.1) is 11.3 Å². The fourth-order valence-electron chi connectivity index (χ4n) is 1.23. The largest absolute Gasteiger partial charge is 0.321 e. The van der Waals surface area contributed by atoms with E-state index in [1.807, 2.05) is 22.9 Å². The van der Waals surface area contributed by atoms with E-state index in [0.717, 1.165) is 10.2 Å². The van der Waals surface area contributed by atoms with Gasteiger partial charge in [0, 0.05) is 14.7 Å². The third kappa shape index (κ3) is 2.66. The van der Waals surface area contributed by atoms with Crippen molar-refractivity contribution in [2.45, 2.75) is 4.90 Å². The minimum Gasteiger partial charge on any atom is -0.321 e. The molecular formula is C11H8BrNOS2. The van der Waals surface area contributed by atoms with Gasteiger partial charge in [-0.2, -0.15) is 11.3 Å². The van der Waals surface area contributed by atoms with Crippen LogP contribution >= 0.6 is 39.9 Å². The van der Waals surface area contributed by atoms with Gasteiger partial charge in [0.2, 0.25) is 0 Å². The second-order valence-corrected chi connectivity index (χ2v) is 5.31. The molecule has 0 radical (unpaired) electrons. The standard InChI is InChI=1S/C11H8BrNOS2/c12-7-1-2-9(10(15)5-7)11(14)13-8-3-4-16-6-8/h1-6,15H,(H,13,14). The predicted octanol–water partition coefficient (Wildman–Crippen LogP) is 4.05. The van der Waals surface area contributed by atoms with Gasteiger partial charge in [-0.25, -0.2) is 0 Å². The highest BCUT2D eigenvalue weighted by Crippen LogP contribution is 2.21. The Hall–Kier alpha value is -0.780. The number of hydrogen-bond acceptors (Lipinski definition) is 3. The molecule has 1 aromatic heterocycles. The normalized spacial score (nSPS) is 10.1. The van der Waals surface area contributed by atoms with Gasteiger partial charge in [-0.1, -0.05) is 15.9 Å². The van der Waals surface area contributed by atoms with Crippen molar-refractivity contribution in [3.63, 3.8) is 0 Å². The van der Waals surface area contributed by atoms with Crippen molar-refractivity contribution in [1.29, 1.82) is 0 Å². The average Bonchev–Trinajstić information content (AvgIpc) is 2.70. The quantitative estimate of drug-likeness (QED) is 0.805. The maximum Gasteiger partial charge on any atom is 0.256 e. The summed E-state index contributed by atoms with van der Waals surface area (Å²) in [5, 5.41) is 6.61. The Morgan fingerprint density at radius 2 is 2.19 bits per heavy atom. The molecule has 1 N–H and O–H groups in total. The first-order valence-electron chi connectivity index (χ1n) is 4.49. The van der Waals surface area contributed by atoms with Gasteiger partial charge >= 0.3 is 0 Å². The molecule has 0 aliphatic carbocycles. The first-order valence-corrected chi connectivity index (χ1v) is 6.67. The van der Waals surface area contributed by atoms with Crippen molar-refractivity contribution in [1.82, 2.24) is 0 Å². The Kier molecular flexibility index (Phi) is 3.68. The van der Waals surface area contributed by atoms with E-state index < -0.39 is 0 Å². The van der Waals surface area contributed by atoms with Crippen LogP contribution < -0.4 is 5.32 Å². The van der Waals surface area contributed by atoms with Crippen molar-refractivity contribution in [3.8, 4) is 0 Å². The molecule has 82 valence electrons. The number of benzene rings is 1. The van der Waals surface area contributed by atoms with Gasteiger partial charge in [-0.05, 0) is 29.6 Å². The summed E-state index contributed by atoms with van der Waals surface area (Å²) in [6, 6.07) is 7.22. The Balaban J connectivity index is 2.21. The lowest BCUT2D eigenvalue weighted by atomic mass is 10.2. The maximum absolute atomic E-state index is 11.9. The SMILES string of the molecule is O=C(Nc1ccsc1)c1ccc(Br)cc1S. The van der Waals surface area contributed by atoms with Gasteiger partial charge in [-0.3, -0.25) is 4.79 Å². The van der Waals surface area contributed by atoms with E-state index in [-0.39, 0.29) is 5.91 Å². The van der Waals surface area contributed by atoms with Crippen LogP contribution in [0.1, 0.15) is 10.4 Å². The summed E-state index contributed by atoms with van der Waals surface area (Å²) >= 11 is 9.14. The van der Waals surface area contributed by atoms with Crippen LogP contribution in [0.15, 0.2) is 44.4 Å². The number of rotatable bonds is 2. The van der Waals surface area contributed by atoms with Crippen LogP contribution in [0.4, 0.5) is 5.69 Å². The molecule has 16 heavy (non-hydrogen) atoms. The number of thiol groups is 1. The summed E-state index contributed by atoms with van der Waals surface area (Å²) in [5.41, 5.74) is 1.38. The van der Waals surface area contributed by atoms with E-state index in [9.17, 15) is 4.79 Å². The maximum atomic E-state index is 11.9. The van der Waals surface area contributed by atoms with Gasteiger partial charge in [0.15, 0.2) is 0 Å². The summed E-state index contributed by atoms with van der Waals surface area (Å²) in [6.07, 6.45) is 0. The number of amides is 1. The summed E-state index contributed by atoms with van der Waals surface area (Å²) < 4.78 is 0.907. The van der Waals surface area contributed by atoms with Crippen LogP contribution in [0, 0.1) is 0 Å². The number of nitrogens with one attached hydrogen (secondary N) is 1. The van der Waals surface area contributed by atoms with Crippen LogP contribution in [0.3, 0.4) is 0 Å². The number of carbonyl (C=O) groups is 1.